The minimum atomic E-state index is -3.56. The van der Waals surface area contributed by atoms with Crippen LogP contribution in [-0.4, -0.2) is 59.8 Å². The number of carbonyl (C=O) groups is 1. The molecule has 4 rings (SSSR count). The van der Waals surface area contributed by atoms with Gasteiger partial charge in [0.05, 0.1) is 12.6 Å². The van der Waals surface area contributed by atoms with Crippen molar-refractivity contribution in [3.05, 3.63) is 53.2 Å². The lowest BCUT2D eigenvalue weighted by atomic mass is 10.2. The van der Waals surface area contributed by atoms with Crippen LogP contribution in [0.5, 0.6) is 0 Å². The molecular formula is C21H25N5O4S2. The van der Waals surface area contributed by atoms with Crippen molar-refractivity contribution in [2.24, 2.45) is 0 Å². The van der Waals surface area contributed by atoms with Gasteiger partial charge in [-0.25, -0.2) is 8.42 Å². The molecule has 170 valence electrons. The van der Waals surface area contributed by atoms with Crippen LogP contribution in [0.3, 0.4) is 0 Å². The molecule has 1 amide bonds. The maximum Gasteiger partial charge on any atom is 0.252 e. The van der Waals surface area contributed by atoms with Crippen molar-refractivity contribution in [3.8, 4) is 11.4 Å². The lowest BCUT2D eigenvalue weighted by molar-refractivity contribution is -0.119. The van der Waals surface area contributed by atoms with E-state index in [-0.39, 0.29) is 11.9 Å². The lowest BCUT2D eigenvalue weighted by Gasteiger charge is -2.35. The number of amides is 1. The van der Waals surface area contributed by atoms with E-state index in [1.807, 2.05) is 37.3 Å². The average molecular weight is 476 g/mol. The van der Waals surface area contributed by atoms with Gasteiger partial charge in [-0.2, -0.15) is 9.29 Å². The number of benzene rings is 1. The van der Waals surface area contributed by atoms with Gasteiger partial charge in [0.15, 0.2) is 0 Å². The van der Waals surface area contributed by atoms with Gasteiger partial charge >= 0.3 is 0 Å². The molecule has 1 aliphatic rings. The summed E-state index contributed by atoms with van der Waals surface area (Å²) in [5.41, 5.74) is 0.888. The summed E-state index contributed by atoms with van der Waals surface area (Å²) in [6.07, 6.45) is 0. The van der Waals surface area contributed by atoms with E-state index in [1.165, 1.54) is 22.6 Å². The summed E-state index contributed by atoms with van der Waals surface area (Å²) >= 11 is 1.19. The van der Waals surface area contributed by atoms with Crippen LogP contribution < -0.4 is 5.32 Å². The zero-order valence-electron chi connectivity index (χ0n) is 17.9. The molecule has 1 atom stereocenters. The molecule has 2 aromatic heterocycles. The van der Waals surface area contributed by atoms with Crippen LogP contribution in [-0.2, 0) is 21.4 Å². The number of piperazine rings is 1. The van der Waals surface area contributed by atoms with E-state index in [0.29, 0.717) is 48.6 Å². The van der Waals surface area contributed by atoms with E-state index in [2.05, 4.69) is 20.4 Å². The molecule has 3 aromatic rings. The third-order valence-corrected chi connectivity index (χ3v) is 8.85. The second-order valence-corrected chi connectivity index (χ2v) is 10.9. The van der Waals surface area contributed by atoms with Crippen molar-refractivity contribution in [2.75, 3.05) is 26.2 Å². The standard InChI is InChI=1S/C21H25N5O4S2/c1-15(21-23-20(24-30-21)17-6-4-3-5-7-17)25-10-12-26(13-11-25)32(28,29)19-9-8-18(31-19)14-22-16(2)27/h3-9,15H,10-14H2,1-2H3,(H,22,27). The van der Waals surface area contributed by atoms with Gasteiger partial charge < -0.3 is 9.84 Å². The van der Waals surface area contributed by atoms with Crippen molar-refractivity contribution in [2.45, 2.75) is 30.6 Å². The Hall–Kier alpha value is -2.60. The fraction of sp³-hybridized carbons (Fsp3) is 0.381. The summed E-state index contributed by atoms with van der Waals surface area (Å²) in [6, 6.07) is 12.9. The minimum absolute atomic E-state index is 0.115. The number of rotatable bonds is 7. The van der Waals surface area contributed by atoms with Crippen LogP contribution in [0.2, 0.25) is 0 Å². The molecule has 32 heavy (non-hydrogen) atoms. The van der Waals surface area contributed by atoms with E-state index in [1.54, 1.807) is 12.1 Å². The molecule has 1 aliphatic heterocycles. The highest BCUT2D eigenvalue weighted by molar-refractivity contribution is 7.91. The maximum atomic E-state index is 13.0. The van der Waals surface area contributed by atoms with Crippen molar-refractivity contribution in [1.29, 1.82) is 0 Å². The van der Waals surface area contributed by atoms with Crippen molar-refractivity contribution < 1.29 is 17.7 Å². The number of nitrogens with one attached hydrogen (secondary N) is 1. The first-order chi connectivity index (χ1) is 15.3. The number of hydrogen-bond donors (Lipinski definition) is 1. The molecule has 0 aliphatic carbocycles. The number of nitrogens with zero attached hydrogens (tertiary/aromatic N) is 4. The summed E-state index contributed by atoms with van der Waals surface area (Å²) < 4.78 is 33.3. The third-order valence-electron chi connectivity index (χ3n) is 5.39. The van der Waals surface area contributed by atoms with Gasteiger partial charge in [-0.15, -0.1) is 11.3 Å². The average Bonchev–Trinajstić information content (AvgIpc) is 3.48. The highest BCUT2D eigenvalue weighted by atomic mass is 32.2. The van der Waals surface area contributed by atoms with Gasteiger partial charge in [0.1, 0.15) is 4.21 Å². The van der Waals surface area contributed by atoms with Gasteiger partial charge in [-0.05, 0) is 19.1 Å². The van der Waals surface area contributed by atoms with Crippen LogP contribution in [0, 0.1) is 0 Å². The van der Waals surface area contributed by atoms with E-state index in [9.17, 15) is 13.2 Å². The summed E-state index contributed by atoms with van der Waals surface area (Å²) in [5.74, 6) is 0.910. The molecule has 0 spiro atoms. The Bertz CT molecular complexity index is 1170. The van der Waals surface area contributed by atoms with Crippen LogP contribution in [0.25, 0.3) is 11.4 Å². The maximum absolute atomic E-state index is 13.0. The van der Waals surface area contributed by atoms with Crippen molar-refractivity contribution in [1.82, 2.24) is 24.7 Å². The first kappa shape index (κ1) is 22.6. The highest BCUT2D eigenvalue weighted by Crippen LogP contribution is 2.28. The van der Waals surface area contributed by atoms with Crippen molar-refractivity contribution >= 4 is 27.3 Å². The molecule has 0 radical (unpaired) electrons. The predicted octanol–water partition coefficient (Wildman–Crippen LogP) is 2.50. The Labute approximate surface area is 191 Å². The monoisotopic (exact) mass is 475 g/mol. The van der Waals surface area contributed by atoms with E-state index in [4.69, 9.17) is 4.52 Å². The van der Waals surface area contributed by atoms with Gasteiger partial charge in [0.25, 0.3) is 10.0 Å². The first-order valence-corrected chi connectivity index (χ1v) is 12.6. The Kier molecular flexibility index (Phi) is 6.70. The van der Waals surface area contributed by atoms with Crippen LogP contribution in [0.4, 0.5) is 0 Å². The first-order valence-electron chi connectivity index (χ1n) is 10.3. The molecule has 1 saturated heterocycles. The summed E-state index contributed by atoms with van der Waals surface area (Å²) in [7, 11) is -3.56. The fourth-order valence-electron chi connectivity index (χ4n) is 3.53. The molecule has 0 saturated carbocycles. The number of hydrogen-bond acceptors (Lipinski definition) is 8. The minimum Gasteiger partial charge on any atom is -0.351 e. The van der Waals surface area contributed by atoms with Crippen LogP contribution >= 0.6 is 11.3 Å². The zero-order valence-corrected chi connectivity index (χ0v) is 19.5. The summed E-state index contributed by atoms with van der Waals surface area (Å²) in [6.45, 7) is 5.64. The van der Waals surface area contributed by atoms with E-state index < -0.39 is 10.0 Å². The Balaban J connectivity index is 1.37. The van der Waals surface area contributed by atoms with Crippen LogP contribution in [0.15, 0.2) is 51.2 Å². The summed E-state index contributed by atoms with van der Waals surface area (Å²) in [5, 5.41) is 6.77. The number of carbonyl (C=O) groups excluding carboxylic acids is 1. The Morgan fingerprint density at radius 2 is 1.88 bits per heavy atom. The Morgan fingerprint density at radius 1 is 1.16 bits per heavy atom. The van der Waals surface area contributed by atoms with Gasteiger partial charge in [-0.3, -0.25) is 9.69 Å². The van der Waals surface area contributed by atoms with Gasteiger partial charge in [-0.1, -0.05) is 35.5 Å². The van der Waals surface area contributed by atoms with Gasteiger partial charge in [0.2, 0.25) is 17.6 Å². The molecule has 1 N–H and O–H groups in total. The topological polar surface area (TPSA) is 109 Å². The molecule has 11 heteroatoms. The van der Waals surface area contributed by atoms with Crippen molar-refractivity contribution in [3.63, 3.8) is 0 Å². The van der Waals surface area contributed by atoms with Crippen LogP contribution in [0.1, 0.15) is 30.7 Å². The van der Waals surface area contributed by atoms with E-state index in [0.717, 1.165) is 10.4 Å². The molecule has 1 unspecified atom stereocenters. The molecule has 3 heterocycles. The Morgan fingerprint density at radius 3 is 2.56 bits per heavy atom. The quantitative estimate of drug-likeness (QED) is 0.559. The summed E-state index contributed by atoms with van der Waals surface area (Å²) in [4.78, 5) is 18.5. The predicted molar refractivity (Wildman–Crippen MR) is 120 cm³/mol. The lowest BCUT2D eigenvalue weighted by Crippen LogP contribution is -2.49. The second kappa shape index (κ2) is 9.49. The number of thiophene rings is 1. The largest absolute Gasteiger partial charge is 0.351 e. The number of aromatic nitrogens is 2. The fourth-order valence-corrected chi connectivity index (χ4v) is 6.40. The van der Waals surface area contributed by atoms with Gasteiger partial charge in [0, 0.05) is 43.5 Å². The second-order valence-electron chi connectivity index (χ2n) is 7.57. The highest BCUT2D eigenvalue weighted by Gasteiger charge is 2.32. The molecule has 0 bridgehead atoms. The molecular weight excluding hydrogens is 450 g/mol. The molecule has 9 nitrogen and oxygen atoms in total. The number of sulfonamides is 1. The third kappa shape index (κ3) is 4.90. The molecule has 1 fully saturated rings. The van der Waals surface area contributed by atoms with E-state index >= 15 is 0 Å². The molecule has 1 aromatic carbocycles. The zero-order chi connectivity index (χ0) is 22.7. The normalized spacial score (nSPS) is 16.7. The smallest absolute Gasteiger partial charge is 0.252 e. The SMILES string of the molecule is CC(=O)NCc1ccc(S(=O)(=O)N2CCN(C(C)c3nc(-c4ccccc4)no3)CC2)s1.